The number of piperazine rings is 1. The number of carbonyl (C=O) groups excluding carboxylic acids is 1. The number of pyridine rings is 1. The lowest BCUT2D eigenvalue weighted by Crippen LogP contribution is -2.45. The van der Waals surface area contributed by atoms with Crippen molar-refractivity contribution in [1.29, 1.82) is 0 Å². The number of aromatic nitrogens is 1. The van der Waals surface area contributed by atoms with Gasteiger partial charge in [-0.3, -0.25) is 4.79 Å². The average molecular weight is 418 g/mol. The molecule has 1 aromatic heterocycles. The van der Waals surface area contributed by atoms with E-state index in [1.807, 2.05) is 12.1 Å². The van der Waals surface area contributed by atoms with Gasteiger partial charge in [0, 0.05) is 64.1 Å². The molecule has 8 nitrogen and oxygen atoms in total. The Morgan fingerprint density at radius 1 is 1.14 bits per heavy atom. The van der Waals surface area contributed by atoms with Crippen LogP contribution in [0.25, 0.3) is 0 Å². The largest absolute Gasteiger partial charge is 0.354 e. The summed E-state index contributed by atoms with van der Waals surface area (Å²) >= 11 is 0. The van der Waals surface area contributed by atoms with Crippen molar-refractivity contribution in [2.75, 3.05) is 52.2 Å². The fraction of sp³-hybridized carbons (Fsp3) is 0.400. The van der Waals surface area contributed by atoms with E-state index in [0.29, 0.717) is 12.1 Å². The third-order valence-corrected chi connectivity index (χ3v) is 6.80. The van der Waals surface area contributed by atoms with Crippen LogP contribution < -0.4 is 10.2 Å². The van der Waals surface area contributed by atoms with Crippen molar-refractivity contribution in [3.05, 3.63) is 53.7 Å². The van der Waals surface area contributed by atoms with Crippen LogP contribution in [-0.4, -0.2) is 75.8 Å². The second-order valence-electron chi connectivity index (χ2n) is 7.27. The molecular formula is C20H27N5O3S. The zero-order chi connectivity index (χ0) is 21.0. The summed E-state index contributed by atoms with van der Waals surface area (Å²) in [6.07, 6.45) is 1.76. The molecular weight excluding hydrogens is 390 g/mol. The molecule has 0 atom stereocenters. The molecule has 2 heterocycles. The van der Waals surface area contributed by atoms with Gasteiger partial charge in [-0.15, -0.1) is 0 Å². The van der Waals surface area contributed by atoms with Gasteiger partial charge >= 0.3 is 0 Å². The number of anilines is 1. The van der Waals surface area contributed by atoms with E-state index in [0.717, 1.165) is 41.9 Å². The Morgan fingerprint density at radius 2 is 1.86 bits per heavy atom. The van der Waals surface area contributed by atoms with E-state index < -0.39 is 10.0 Å². The highest BCUT2D eigenvalue weighted by Crippen LogP contribution is 2.19. The third kappa shape index (κ3) is 4.92. The molecule has 1 amide bonds. The van der Waals surface area contributed by atoms with Crippen molar-refractivity contribution >= 4 is 21.7 Å². The molecule has 1 aliphatic rings. The summed E-state index contributed by atoms with van der Waals surface area (Å²) < 4.78 is 25.7. The van der Waals surface area contributed by atoms with Crippen molar-refractivity contribution in [3.8, 4) is 0 Å². The first-order chi connectivity index (χ1) is 13.8. The highest BCUT2D eigenvalue weighted by molar-refractivity contribution is 7.89. The number of hydrogen-bond donors (Lipinski definition) is 1. The van der Waals surface area contributed by atoms with Gasteiger partial charge in [0.1, 0.15) is 5.82 Å². The minimum atomic E-state index is -3.59. The Morgan fingerprint density at radius 3 is 2.55 bits per heavy atom. The first-order valence-corrected chi connectivity index (χ1v) is 10.9. The Labute approximate surface area is 172 Å². The maximum atomic E-state index is 12.6. The van der Waals surface area contributed by atoms with Gasteiger partial charge in [-0.25, -0.2) is 17.7 Å². The minimum absolute atomic E-state index is 0.0923. The molecule has 1 N–H and O–H groups in total. The molecule has 29 heavy (non-hydrogen) atoms. The summed E-state index contributed by atoms with van der Waals surface area (Å²) in [7, 11) is 1.43. The number of likely N-dealkylation sites (N-methyl/N-ethyl adjacent to an activating group) is 1. The number of carbonyl (C=O) groups is 1. The number of benzene rings is 1. The van der Waals surface area contributed by atoms with Crippen molar-refractivity contribution in [1.82, 2.24) is 19.5 Å². The second-order valence-corrected chi connectivity index (χ2v) is 9.43. The summed E-state index contributed by atoms with van der Waals surface area (Å²) in [6, 6.07) is 9.87. The van der Waals surface area contributed by atoms with Crippen LogP contribution in [-0.2, 0) is 16.6 Å². The van der Waals surface area contributed by atoms with Crippen molar-refractivity contribution in [2.45, 2.75) is 11.4 Å². The lowest BCUT2D eigenvalue weighted by Gasteiger charge is -2.34. The molecule has 1 saturated heterocycles. The maximum absolute atomic E-state index is 12.6. The lowest BCUT2D eigenvalue weighted by atomic mass is 10.2. The molecule has 0 aliphatic carbocycles. The molecule has 1 aromatic carbocycles. The van der Waals surface area contributed by atoms with Gasteiger partial charge in [-0.2, -0.15) is 0 Å². The van der Waals surface area contributed by atoms with E-state index in [1.165, 1.54) is 26.2 Å². The third-order valence-electron chi connectivity index (χ3n) is 4.98. The summed E-state index contributed by atoms with van der Waals surface area (Å²) in [5.41, 5.74) is 1.24. The van der Waals surface area contributed by atoms with Gasteiger partial charge in [-0.1, -0.05) is 12.1 Å². The highest BCUT2D eigenvalue weighted by atomic mass is 32.2. The molecule has 0 bridgehead atoms. The van der Waals surface area contributed by atoms with Crippen LogP contribution in [0.5, 0.6) is 0 Å². The number of sulfonamides is 1. The van der Waals surface area contributed by atoms with Crippen molar-refractivity contribution in [3.63, 3.8) is 0 Å². The summed E-state index contributed by atoms with van der Waals surface area (Å²) in [4.78, 5) is 21.7. The SMILES string of the molecule is CN1CCN(c2ncccc2CNC(=O)c2cccc(S(=O)(=O)N(C)C)c2)CC1. The van der Waals surface area contributed by atoms with Gasteiger partial charge in [0.15, 0.2) is 0 Å². The van der Waals surface area contributed by atoms with E-state index >= 15 is 0 Å². The summed E-state index contributed by atoms with van der Waals surface area (Å²) in [5.74, 6) is 0.554. The molecule has 0 saturated carbocycles. The van der Waals surface area contributed by atoms with Crippen LogP contribution in [0.1, 0.15) is 15.9 Å². The van der Waals surface area contributed by atoms with E-state index in [4.69, 9.17) is 0 Å². The molecule has 1 aliphatic heterocycles. The average Bonchev–Trinajstić information content (AvgIpc) is 2.73. The van der Waals surface area contributed by atoms with Gasteiger partial charge in [0.2, 0.25) is 10.0 Å². The van der Waals surface area contributed by atoms with Crippen molar-refractivity contribution < 1.29 is 13.2 Å². The standard InChI is InChI=1S/C20H27N5O3S/c1-23(2)29(27,28)18-8-4-6-16(14-18)20(26)22-15-17-7-5-9-21-19(17)25-12-10-24(3)11-13-25/h4-9,14H,10-13,15H2,1-3H3,(H,22,26). The minimum Gasteiger partial charge on any atom is -0.354 e. The molecule has 0 spiro atoms. The number of rotatable bonds is 6. The Hall–Kier alpha value is -2.49. The first-order valence-electron chi connectivity index (χ1n) is 9.47. The molecule has 2 aromatic rings. The Balaban J connectivity index is 1.72. The van der Waals surface area contributed by atoms with E-state index in [-0.39, 0.29) is 10.8 Å². The van der Waals surface area contributed by atoms with Gasteiger partial charge in [0.05, 0.1) is 4.90 Å². The second kappa shape index (κ2) is 8.89. The van der Waals surface area contributed by atoms with E-state index in [1.54, 1.807) is 18.3 Å². The lowest BCUT2D eigenvalue weighted by molar-refractivity contribution is 0.0950. The van der Waals surface area contributed by atoms with Crippen LogP contribution in [0.2, 0.25) is 0 Å². The number of hydrogen-bond acceptors (Lipinski definition) is 6. The van der Waals surface area contributed by atoms with E-state index in [2.05, 4.69) is 27.1 Å². The summed E-state index contributed by atoms with van der Waals surface area (Å²) in [6.45, 7) is 4.03. The first kappa shape index (κ1) is 21.2. The van der Waals surface area contributed by atoms with Crippen LogP contribution >= 0.6 is 0 Å². The number of nitrogens with zero attached hydrogens (tertiary/aromatic N) is 4. The molecule has 9 heteroatoms. The van der Waals surface area contributed by atoms with Crippen LogP contribution in [0.15, 0.2) is 47.5 Å². The molecule has 0 unspecified atom stereocenters. The zero-order valence-electron chi connectivity index (χ0n) is 17.0. The fourth-order valence-corrected chi connectivity index (χ4v) is 4.11. The smallest absolute Gasteiger partial charge is 0.251 e. The Bertz CT molecular complexity index is 970. The maximum Gasteiger partial charge on any atom is 0.251 e. The van der Waals surface area contributed by atoms with Crippen LogP contribution in [0, 0.1) is 0 Å². The number of nitrogens with one attached hydrogen (secondary N) is 1. The predicted octanol–water partition coefficient (Wildman–Crippen LogP) is 1.01. The quantitative estimate of drug-likeness (QED) is 0.755. The van der Waals surface area contributed by atoms with Gasteiger partial charge in [-0.05, 0) is 31.3 Å². The monoisotopic (exact) mass is 417 g/mol. The van der Waals surface area contributed by atoms with Gasteiger partial charge < -0.3 is 15.1 Å². The van der Waals surface area contributed by atoms with Crippen molar-refractivity contribution in [2.24, 2.45) is 0 Å². The zero-order valence-corrected chi connectivity index (χ0v) is 17.8. The molecule has 156 valence electrons. The summed E-state index contributed by atoms with van der Waals surface area (Å²) in [5, 5.41) is 2.89. The van der Waals surface area contributed by atoms with Crippen LogP contribution in [0.4, 0.5) is 5.82 Å². The fourth-order valence-electron chi connectivity index (χ4n) is 3.16. The normalized spacial score (nSPS) is 15.5. The number of amides is 1. The Kier molecular flexibility index (Phi) is 6.51. The highest BCUT2D eigenvalue weighted by Gasteiger charge is 2.20. The molecule has 1 fully saturated rings. The molecule has 3 rings (SSSR count). The molecule has 0 radical (unpaired) electrons. The predicted molar refractivity (Wildman–Crippen MR) is 112 cm³/mol. The van der Waals surface area contributed by atoms with Crippen LogP contribution in [0.3, 0.4) is 0 Å². The topological polar surface area (TPSA) is 85.8 Å². The van der Waals surface area contributed by atoms with Gasteiger partial charge in [0.25, 0.3) is 5.91 Å². The van der Waals surface area contributed by atoms with E-state index in [9.17, 15) is 13.2 Å².